The van der Waals surface area contributed by atoms with E-state index in [0.717, 1.165) is 64.2 Å². The molecule has 9 nitrogen and oxygen atoms in total. The third-order valence-corrected chi connectivity index (χ3v) is 8.84. The Balaban J connectivity index is 0.936. The molecule has 0 atom stereocenters. The van der Waals surface area contributed by atoms with Crippen molar-refractivity contribution >= 4 is 49.9 Å². The predicted molar refractivity (Wildman–Crippen MR) is 150 cm³/mol. The van der Waals surface area contributed by atoms with Crippen LogP contribution in [0.4, 0.5) is 11.5 Å². The van der Waals surface area contributed by atoms with Gasteiger partial charge in [-0.2, -0.15) is 4.37 Å². The molecule has 1 aliphatic carbocycles. The molecule has 38 heavy (non-hydrogen) atoms. The molecular formula is C28H31N6O3S. The molecule has 0 unspecified atom stereocenters. The van der Waals surface area contributed by atoms with Crippen molar-refractivity contribution in [2.24, 2.45) is 5.92 Å². The van der Waals surface area contributed by atoms with E-state index in [4.69, 9.17) is 4.37 Å². The minimum atomic E-state index is -0.442. The van der Waals surface area contributed by atoms with Crippen LogP contribution < -0.4 is 10.2 Å². The van der Waals surface area contributed by atoms with Crippen LogP contribution in [0.1, 0.15) is 42.6 Å². The molecule has 6 rings (SSSR count). The Hall–Kier alpha value is -3.50. The molecular weight excluding hydrogens is 500 g/mol. The van der Waals surface area contributed by atoms with Crippen molar-refractivity contribution in [1.29, 1.82) is 0 Å². The van der Waals surface area contributed by atoms with E-state index in [9.17, 15) is 14.9 Å². The van der Waals surface area contributed by atoms with E-state index in [1.54, 1.807) is 17.6 Å². The molecule has 2 aromatic heterocycles. The van der Waals surface area contributed by atoms with Crippen LogP contribution in [-0.2, 0) is 0 Å². The second-order valence-corrected chi connectivity index (χ2v) is 11.2. The molecule has 2 N–H and O–H groups in total. The summed E-state index contributed by atoms with van der Waals surface area (Å²) in [6.45, 7) is 5.31. The standard InChI is InChI=1S/C28H31N6O3S/c35-28(25-18-20-17-22(34(36)37)9-10-24(20)30-25)29-21-7-5-19(6-8-21)11-12-32-13-15-33(16-14-32)27-23-3-1-2-4-26(23)38-31-27/h1-4,9-10,17,19,21,30H,5-8,11-16H2,(H,29,35). The molecule has 4 aromatic rings. The van der Waals surface area contributed by atoms with E-state index in [1.165, 1.54) is 28.6 Å². The Kier molecular flexibility index (Phi) is 6.99. The minimum absolute atomic E-state index is 0.00648. The van der Waals surface area contributed by atoms with E-state index in [-0.39, 0.29) is 17.6 Å². The number of rotatable bonds is 7. The van der Waals surface area contributed by atoms with Gasteiger partial charge in [0.05, 0.1) is 9.62 Å². The Morgan fingerprint density at radius 1 is 1.13 bits per heavy atom. The summed E-state index contributed by atoms with van der Waals surface area (Å²) in [7, 11) is 0. The summed E-state index contributed by atoms with van der Waals surface area (Å²) in [5, 5.41) is 16.0. The van der Waals surface area contributed by atoms with Crippen molar-refractivity contribution in [3.63, 3.8) is 0 Å². The summed E-state index contributed by atoms with van der Waals surface area (Å²) < 4.78 is 5.97. The Morgan fingerprint density at radius 3 is 2.71 bits per heavy atom. The predicted octanol–water partition coefficient (Wildman–Crippen LogP) is 4.99. The lowest BCUT2D eigenvalue weighted by molar-refractivity contribution is -0.384. The SMILES string of the molecule is O=C(NC1CCC(CCN2CCN(c3nsc4ccccc34)CC2)CC1)c1[c]c2cc([N+](=O)[O-])ccc2[nH]1. The maximum Gasteiger partial charge on any atom is 0.270 e. The van der Waals surface area contributed by atoms with Crippen LogP contribution >= 0.6 is 11.5 Å². The second kappa shape index (κ2) is 10.7. The average Bonchev–Trinajstić information content (AvgIpc) is 3.57. The van der Waals surface area contributed by atoms with Gasteiger partial charge in [0.15, 0.2) is 0 Å². The first kappa shape index (κ1) is 24.8. The molecule has 1 amide bonds. The van der Waals surface area contributed by atoms with E-state index >= 15 is 0 Å². The van der Waals surface area contributed by atoms with E-state index in [2.05, 4.69) is 50.4 Å². The van der Waals surface area contributed by atoms with E-state index in [0.29, 0.717) is 22.5 Å². The van der Waals surface area contributed by atoms with Gasteiger partial charge in [0.25, 0.3) is 11.6 Å². The van der Waals surface area contributed by atoms with Crippen LogP contribution in [0.15, 0.2) is 42.5 Å². The fraction of sp³-hybridized carbons (Fsp3) is 0.429. The number of benzene rings is 2. The normalized spacial score (nSPS) is 20.7. The zero-order chi connectivity index (χ0) is 26.1. The third kappa shape index (κ3) is 5.23. The lowest BCUT2D eigenvalue weighted by Crippen LogP contribution is -2.47. The highest BCUT2D eigenvalue weighted by Gasteiger charge is 2.25. The minimum Gasteiger partial charge on any atom is -0.353 e. The Bertz CT molecular complexity index is 1450. The maximum absolute atomic E-state index is 12.8. The van der Waals surface area contributed by atoms with Gasteiger partial charge in [-0.15, -0.1) is 0 Å². The molecule has 2 aliphatic rings. The zero-order valence-electron chi connectivity index (χ0n) is 21.2. The maximum atomic E-state index is 12.8. The molecule has 0 spiro atoms. The molecule has 1 saturated carbocycles. The number of carbonyl (C=O) groups excluding carboxylic acids is 1. The van der Waals surface area contributed by atoms with Crippen LogP contribution in [0.5, 0.6) is 0 Å². The first-order valence-corrected chi connectivity index (χ1v) is 14.1. The quantitative estimate of drug-likeness (QED) is 0.257. The number of hydrogen-bond acceptors (Lipinski definition) is 7. The molecule has 1 aliphatic heterocycles. The summed E-state index contributed by atoms with van der Waals surface area (Å²) >= 11 is 1.58. The summed E-state index contributed by atoms with van der Waals surface area (Å²) in [6, 6.07) is 16.1. The van der Waals surface area contributed by atoms with Gasteiger partial charge >= 0.3 is 0 Å². The Morgan fingerprint density at radius 2 is 1.92 bits per heavy atom. The fourth-order valence-electron chi connectivity index (χ4n) is 5.77. The fourth-order valence-corrected chi connectivity index (χ4v) is 6.57. The second-order valence-electron chi connectivity index (χ2n) is 10.4. The van der Waals surface area contributed by atoms with E-state index in [1.807, 2.05) is 0 Å². The van der Waals surface area contributed by atoms with Crippen LogP contribution in [0.25, 0.3) is 21.0 Å². The number of anilines is 1. The zero-order valence-corrected chi connectivity index (χ0v) is 22.0. The van der Waals surface area contributed by atoms with E-state index < -0.39 is 4.92 Å². The number of nitro benzene ring substituents is 1. The number of H-pyrrole nitrogens is 1. The lowest BCUT2D eigenvalue weighted by atomic mass is 9.84. The van der Waals surface area contributed by atoms with Gasteiger partial charge in [-0.3, -0.25) is 19.8 Å². The van der Waals surface area contributed by atoms with Crippen molar-refractivity contribution in [1.82, 2.24) is 19.6 Å². The number of nitrogens with one attached hydrogen (secondary N) is 2. The molecule has 1 radical (unpaired) electrons. The lowest BCUT2D eigenvalue weighted by Gasteiger charge is -2.36. The van der Waals surface area contributed by atoms with Gasteiger partial charge < -0.3 is 15.2 Å². The van der Waals surface area contributed by atoms with Crippen LogP contribution in [0, 0.1) is 22.1 Å². The highest BCUT2D eigenvalue weighted by molar-refractivity contribution is 7.13. The summed E-state index contributed by atoms with van der Waals surface area (Å²) in [6.07, 6.45) is 5.41. The number of nitrogens with zero attached hydrogens (tertiary/aromatic N) is 4. The first-order chi connectivity index (χ1) is 18.5. The number of nitro groups is 1. The average molecular weight is 532 g/mol. The van der Waals surface area contributed by atoms with Gasteiger partial charge in [0.2, 0.25) is 0 Å². The van der Waals surface area contributed by atoms with Crippen molar-refractivity contribution in [2.45, 2.75) is 38.1 Å². The van der Waals surface area contributed by atoms with Crippen molar-refractivity contribution in [3.05, 3.63) is 64.3 Å². The number of carbonyl (C=O) groups is 1. The molecule has 197 valence electrons. The summed E-state index contributed by atoms with van der Waals surface area (Å²) in [5.41, 5.74) is 0.991. The van der Waals surface area contributed by atoms with Gasteiger partial charge in [0.1, 0.15) is 11.5 Å². The van der Waals surface area contributed by atoms with Crippen molar-refractivity contribution in [2.75, 3.05) is 37.6 Å². The van der Waals surface area contributed by atoms with Crippen molar-refractivity contribution < 1.29 is 9.72 Å². The number of piperazine rings is 1. The number of non-ortho nitro benzene ring substituents is 1. The number of fused-ring (bicyclic) bond motifs is 2. The smallest absolute Gasteiger partial charge is 0.270 e. The van der Waals surface area contributed by atoms with Crippen LogP contribution in [0.2, 0.25) is 0 Å². The molecule has 10 heteroatoms. The third-order valence-electron chi connectivity index (χ3n) is 8.03. The number of hydrogen-bond donors (Lipinski definition) is 2. The number of aromatic nitrogens is 2. The molecule has 0 bridgehead atoms. The summed E-state index contributed by atoms with van der Waals surface area (Å²) in [5.74, 6) is 1.64. The highest BCUT2D eigenvalue weighted by Crippen LogP contribution is 2.31. The molecule has 1 saturated heterocycles. The van der Waals surface area contributed by atoms with Gasteiger partial charge in [-0.1, -0.05) is 12.1 Å². The monoisotopic (exact) mass is 531 g/mol. The summed E-state index contributed by atoms with van der Waals surface area (Å²) in [4.78, 5) is 31.4. The van der Waals surface area contributed by atoms with Crippen LogP contribution in [-0.4, -0.2) is 63.9 Å². The highest BCUT2D eigenvalue weighted by atomic mass is 32.1. The van der Waals surface area contributed by atoms with Gasteiger partial charge in [-0.25, -0.2) is 0 Å². The number of amides is 1. The largest absolute Gasteiger partial charge is 0.353 e. The van der Waals surface area contributed by atoms with Gasteiger partial charge in [-0.05, 0) is 74.3 Å². The molecule has 2 aromatic carbocycles. The Labute approximate surface area is 225 Å². The number of aromatic amines is 1. The van der Waals surface area contributed by atoms with Crippen LogP contribution in [0.3, 0.4) is 0 Å². The topological polar surface area (TPSA) is 107 Å². The first-order valence-electron chi connectivity index (χ1n) is 13.4. The van der Waals surface area contributed by atoms with Gasteiger partial charge in [0, 0.05) is 66.7 Å². The van der Waals surface area contributed by atoms with Crippen molar-refractivity contribution in [3.8, 4) is 0 Å². The molecule has 2 fully saturated rings. The molecule has 3 heterocycles.